The third-order valence-electron chi connectivity index (χ3n) is 4.41. The van der Waals surface area contributed by atoms with Gasteiger partial charge in [0, 0.05) is 17.5 Å². The van der Waals surface area contributed by atoms with Crippen molar-refractivity contribution < 1.29 is 14.6 Å². The zero-order valence-electron chi connectivity index (χ0n) is 16.1. The minimum absolute atomic E-state index is 0.256. The predicted molar refractivity (Wildman–Crippen MR) is 115 cm³/mol. The number of pyridine rings is 1. The van der Waals surface area contributed by atoms with Crippen molar-refractivity contribution in [2.24, 2.45) is 5.73 Å². The van der Waals surface area contributed by atoms with E-state index in [1.54, 1.807) is 19.2 Å². The van der Waals surface area contributed by atoms with Gasteiger partial charge in [-0.15, -0.1) is 0 Å². The largest absolute Gasteiger partial charge is 0.497 e. The van der Waals surface area contributed by atoms with Crippen LogP contribution in [0.2, 0.25) is 0 Å². The second-order valence-electron chi connectivity index (χ2n) is 6.30. The first-order valence-electron chi connectivity index (χ1n) is 9.14. The van der Waals surface area contributed by atoms with Gasteiger partial charge >= 0.3 is 5.97 Å². The number of carbonyl (C=O) groups is 1. The molecule has 0 saturated heterocycles. The van der Waals surface area contributed by atoms with Crippen molar-refractivity contribution in [1.29, 1.82) is 0 Å². The number of aromatic nitrogens is 1. The van der Waals surface area contributed by atoms with Crippen LogP contribution in [0.5, 0.6) is 5.75 Å². The number of aromatic carboxylic acids is 1. The Balaban J connectivity index is 0.000000252. The third kappa shape index (κ3) is 4.97. The van der Waals surface area contributed by atoms with Crippen LogP contribution in [0.3, 0.4) is 0 Å². The molecule has 3 N–H and O–H groups in total. The van der Waals surface area contributed by atoms with E-state index in [9.17, 15) is 9.90 Å². The van der Waals surface area contributed by atoms with E-state index < -0.39 is 5.97 Å². The molecule has 0 aliphatic carbocycles. The Morgan fingerprint density at radius 2 is 1.62 bits per heavy atom. The number of para-hydroxylation sites is 1. The summed E-state index contributed by atoms with van der Waals surface area (Å²) in [7, 11) is 1.60. The van der Waals surface area contributed by atoms with E-state index in [1.165, 1.54) is 5.56 Å². The molecule has 29 heavy (non-hydrogen) atoms. The molecule has 0 bridgehead atoms. The Labute approximate surface area is 169 Å². The zero-order chi connectivity index (χ0) is 20.6. The number of nitrogens with two attached hydrogens (primary N) is 1. The first-order chi connectivity index (χ1) is 14.1. The summed E-state index contributed by atoms with van der Waals surface area (Å²) < 4.78 is 5.12. The second kappa shape index (κ2) is 9.48. The molecule has 3 aromatic carbocycles. The molecular weight excluding hydrogens is 364 g/mol. The van der Waals surface area contributed by atoms with Crippen molar-refractivity contribution in [2.75, 3.05) is 7.11 Å². The van der Waals surface area contributed by atoms with Gasteiger partial charge < -0.3 is 15.6 Å². The lowest BCUT2D eigenvalue weighted by molar-refractivity contribution is 0.0699. The van der Waals surface area contributed by atoms with Gasteiger partial charge in [-0.25, -0.2) is 9.78 Å². The molecule has 0 atom stereocenters. The molecular formula is C24H22N2O3. The molecule has 0 spiro atoms. The average Bonchev–Trinajstić information content (AvgIpc) is 2.79. The molecule has 0 aliphatic heterocycles. The van der Waals surface area contributed by atoms with Gasteiger partial charge in [-0.3, -0.25) is 0 Å². The van der Waals surface area contributed by atoms with Crippen LogP contribution in [-0.4, -0.2) is 23.2 Å². The van der Waals surface area contributed by atoms with Crippen LogP contribution in [0.15, 0.2) is 84.9 Å². The fraction of sp³-hybridized carbons (Fsp3) is 0.0833. The highest BCUT2D eigenvalue weighted by Gasteiger charge is 2.12. The topological polar surface area (TPSA) is 85.4 Å². The number of hydrogen-bond donors (Lipinski definition) is 2. The van der Waals surface area contributed by atoms with Crippen molar-refractivity contribution in [1.82, 2.24) is 4.98 Å². The summed E-state index contributed by atoms with van der Waals surface area (Å²) >= 11 is 0. The summed E-state index contributed by atoms with van der Waals surface area (Å²) in [6.07, 6.45) is 0. The molecule has 0 unspecified atom stereocenters. The Hall–Kier alpha value is -3.70. The minimum atomic E-state index is -0.955. The fourth-order valence-corrected chi connectivity index (χ4v) is 2.88. The lowest BCUT2D eigenvalue weighted by Crippen LogP contribution is -2.00. The number of ether oxygens (including phenoxy) is 1. The molecule has 0 aliphatic rings. The van der Waals surface area contributed by atoms with E-state index in [2.05, 4.69) is 4.98 Å². The molecule has 0 saturated carbocycles. The average molecular weight is 386 g/mol. The van der Waals surface area contributed by atoms with Gasteiger partial charge in [0.2, 0.25) is 0 Å². The molecule has 0 fully saturated rings. The van der Waals surface area contributed by atoms with E-state index in [1.807, 2.05) is 72.8 Å². The predicted octanol–water partition coefficient (Wildman–Crippen LogP) is 4.75. The van der Waals surface area contributed by atoms with Gasteiger partial charge in [0.15, 0.2) is 0 Å². The Bertz CT molecular complexity index is 1090. The van der Waals surface area contributed by atoms with Gasteiger partial charge in [-0.2, -0.15) is 0 Å². The number of carboxylic acid groups (broad SMARTS) is 1. The standard InChI is InChI=1S/C17H13NO3.C7H9N/c1-21-12-8-6-11(7-9-12)16-10-14(17(19)20)13-4-2-3-5-15(13)18-16;8-6-7-4-2-1-3-5-7/h2-10H,1H3,(H,19,20);1-5H,6,8H2. The number of carboxylic acids is 1. The maximum atomic E-state index is 11.5. The summed E-state index contributed by atoms with van der Waals surface area (Å²) in [5.41, 5.74) is 8.95. The lowest BCUT2D eigenvalue weighted by Gasteiger charge is -2.07. The van der Waals surface area contributed by atoms with Crippen LogP contribution in [0.25, 0.3) is 22.2 Å². The third-order valence-corrected chi connectivity index (χ3v) is 4.41. The number of hydrogen-bond acceptors (Lipinski definition) is 4. The number of rotatable bonds is 4. The van der Waals surface area contributed by atoms with E-state index in [-0.39, 0.29) is 5.56 Å². The van der Waals surface area contributed by atoms with Crippen LogP contribution in [-0.2, 0) is 6.54 Å². The van der Waals surface area contributed by atoms with Crippen LogP contribution in [0, 0.1) is 0 Å². The van der Waals surface area contributed by atoms with Crippen LogP contribution >= 0.6 is 0 Å². The van der Waals surface area contributed by atoms with E-state index in [4.69, 9.17) is 10.5 Å². The first-order valence-corrected chi connectivity index (χ1v) is 9.14. The van der Waals surface area contributed by atoms with Crippen molar-refractivity contribution in [3.63, 3.8) is 0 Å². The van der Waals surface area contributed by atoms with E-state index in [0.717, 1.165) is 11.3 Å². The Morgan fingerprint density at radius 1 is 0.966 bits per heavy atom. The Morgan fingerprint density at radius 3 is 2.21 bits per heavy atom. The highest BCUT2D eigenvalue weighted by molar-refractivity contribution is 6.03. The number of nitrogens with zero attached hydrogens (tertiary/aromatic N) is 1. The maximum absolute atomic E-state index is 11.5. The molecule has 146 valence electrons. The number of methoxy groups -OCH3 is 1. The normalized spacial score (nSPS) is 10.1. The molecule has 0 amide bonds. The quantitative estimate of drug-likeness (QED) is 0.528. The minimum Gasteiger partial charge on any atom is -0.497 e. The van der Waals surface area contributed by atoms with Crippen LogP contribution in [0.1, 0.15) is 15.9 Å². The van der Waals surface area contributed by atoms with Gasteiger partial charge in [-0.1, -0.05) is 48.5 Å². The molecule has 5 nitrogen and oxygen atoms in total. The van der Waals surface area contributed by atoms with Crippen molar-refractivity contribution >= 4 is 16.9 Å². The monoisotopic (exact) mass is 386 g/mol. The highest BCUT2D eigenvalue weighted by atomic mass is 16.5. The van der Waals surface area contributed by atoms with Gasteiger partial charge in [0.25, 0.3) is 0 Å². The van der Waals surface area contributed by atoms with Gasteiger partial charge in [0.05, 0.1) is 23.9 Å². The molecule has 1 heterocycles. The molecule has 0 radical (unpaired) electrons. The summed E-state index contributed by atoms with van der Waals surface area (Å²) in [5, 5.41) is 10.0. The number of fused-ring (bicyclic) bond motifs is 1. The Kier molecular flexibility index (Phi) is 6.55. The van der Waals surface area contributed by atoms with Crippen molar-refractivity contribution in [3.05, 3.63) is 96.1 Å². The fourth-order valence-electron chi connectivity index (χ4n) is 2.88. The second-order valence-corrected chi connectivity index (χ2v) is 6.30. The molecule has 1 aromatic heterocycles. The molecule has 4 rings (SSSR count). The maximum Gasteiger partial charge on any atom is 0.336 e. The van der Waals surface area contributed by atoms with Crippen molar-refractivity contribution in [3.8, 4) is 17.0 Å². The summed E-state index contributed by atoms with van der Waals surface area (Å²) in [6, 6.07) is 26.2. The van der Waals surface area contributed by atoms with Crippen LogP contribution in [0.4, 0.5) is 0 Å². The van der Waals surface area contributed by atoms with E-state index in [0.29, 0.717) is 23.1 Å². The van der Waals surface area contributed by atoms with Gasteiger partial charge in [-0.05, 0) is 42.0 Å². The van der Waals surface area contributed by atoms with E-state index >= 15 is 0 Å². The smallest absolute Gasteiger partial charge is 0.336 e. The molecule has 4 aromatic rings. The first kappa shape index (κ1) is 20.0. The SMILES string of the molecule is COc1ccc(-c2cc(C(=O)O)c3ccccc3n2)cc1.NCc1ccccc1. The van der Waals surface area contributed by atoms with Crippen LogP contribution < -0.4 is 10.5 Å². The van der Waals surface area contributed by atoms with Gasteiger partial charge in [0.1, 0.15) is 5.75 Å². The molecule has 5 heteroatoms. The summed E-state index contributed by atoms with van der Waals surface area (Å²) in [6.45, 7) is 0.640. The summed E-state index contributed by atoms with van der Waals surface area (Å²) in [4.78, 5) is 16.0. The lowest BCUT2D eigenvalue weighted by atomic mass is 10.0. The summed E-state index contributed by atoms with van der Waals surface area (Å²) in [5.74, 6) is -0.207. The highest BCUT2D eigenvalue weighted by Crippen LogP contribution is 2.26. The zero-order valence-corrected chi connectivity index (χ0v) is 16.1. The number of benzene rings is 3. The van der Waals surface area contributed by atoms with Crippen molar-refractivity contribution in [2.45, 2.75) is 6.54 Å².